The molecule has 0 aliphatic rings. The first-order valence-electron chi connectivity index (χ1n) is 7.06. The van der Waals surface area contributed by atoms with Gasteiger partial charge >= 0.3 is 0 Å². The second kappa shape index (κ2) is 6.58. The number of hydrogen-bond donors (Lipinski definition) is 1. The van der Waals surface area contributed by atoms with Crippen LogP contribution in [-0.4, -0.2) is 7.11 Å². The quantitative estimate of drug-likeness (QED) is 0.867. The van der Waals surface area contributed by atoms with Crippen molar-refractivity contribution in [2.24, 2.45) is 0 Å². The fourth-order valence-electron chi connectivity index (χ4n) is 2.32. The van der Waals surface area contributed by atoms with E-state index in [4.69, 9.17) is 4.74 Å². The molecule has 0 aromatic heterocycles. The molecule has 0 saturated carbocycles. The van der Waals surface area contributed by atoms with E-state index < -0.39 is 0 Å². The highest BCUT2D eigenvalue weighted by Crippen LogP contribution is 2.21. The van der Waals surface area contributed by atoms with Crippen LogP contribution in [0.1, 0.15) is 42.6 Å². The van der Waals surface area contributed by atoms with Crippen molar-refractivity contribution in [2.45, 2.75) is 32.9 Å². The molecule has 2 atom stereocenters. The maximum atomic E-state index is 5.19. The predicted octanol–water partition coefficient (Wildman–Crippen LogP) is 4.42. The van der Waals surface area contributed by atoms with Gasteiger partial charge in [0.2, 0.25) is 0 Å². The third kappa shape index (κ3) is 3.61. The lowest BCUT2D eigenvalue weighted by molar-refractivity contribution is 0.414. The average molecular weight is 269 g/mol. The van der Waals surface area contributed by atoms with Gasteiger partial charge in [-0.15, -0.1) is 0 Å². The van der Waals surface area contributed by atoms with Gasteiger partial charge in [0, 0.05) is 12.1 Å². The number of nitrogens with one attached hydrogen (secondary N) is 1. The normalized spacial score (nSPS) is 13.8. The van der Waals surface area contributed by atoms with Crippen molar-refractivity contribution in [2.75, 3.05) is 7.11 Å². The molecule has 0 radical (unpaired) electrons. The zero-order valence-corrected chi connectivity index (χ0v) is 12.7. The van der Waals surface area contributed by atoms with Crippen molar-refractivity contribution in [3.63, 3.8) is 0 Å². The zero-order chi connectivity index (χ0) is 14.5. The maximum Gasteiger partial charge on any atom is 0.118 e. The van der Waals surface area contributed by atoms with Gasteiger partial charge in [0.1, 0.15) is 5.75 Å². The Hall–Kier alpha value is -1.80. The minimum absolute atomic E-state index is 0.303. The Labute approximate surface area is 121 Å². The van der Waals surface area contributed by atoms with Crippen LogP contribution in [-0.2, 0) is 0 Å². The van der Waals surface area contributed by atoms with Crippen molar-refractivity contribution in [1.29, 1.82) is 0 Å². The summed E-state index contributed by atoms with van der Waals surface area (Å²) in [7, 11) is 1.69. The Balaban J connectivity index is 2.02. The number of benzene rings is 2. The molecule has 2 aromatic carbocycles. The molecule has 2 nitrogen and oxygen atoms in total. The van der Waals surface area contributed by atoms with Gasteiger partial charge in [-0.2, -0.15) is 0 Å². The fraction of sp³-hybridized carbons (Fsp3) is 0.333. The van der Waals surface area contributed by atoms with Crippen LogP contribution < -0.4 is 10.1 Å². The van der Waals surface area contributed by atoms with Crippen LogP contribution in [0.2, 0.25) is 0 Å². The summed E-state index contributed by atoms with van der Waals surface area (Å²) < 4.78 is 5.19. The summed E-state index contributed by atoms with van der Waals surface area (Å²) in [4.78, 5) is 0. The minimum Gasteiger partial charge on any atom is -0.497 e. The molecule has 2 rings (SSSR count). The second-order valence-electron chi connectivity index (χ2n) is 5.29. The van der Waals surface area contributed by atoms with Gasteiger partial charge in [-0.05, 0) is 44.0 Å². The molecule has 1 N–H and O–H groups in total. The van der Waals surface area contributed by atoms with Gasteiger partial charge in [0.05, 0.1) is 7.11 Å². The summed E-state index contributed by atoms with van der Waals surface area (Å²) in [6.45, 7) is 6.50. The van der Waals surface area contributed by atoms with Crippen molar-refractivity contribution >= 4 is 0 Å². The van der Waals surface area contributed by atoms with E-state index >= 15 is 0 Å². The van der Waals surface area contributed by atoms with Gasteiger partial charge in [-0.25, -0.2) is 0 Å². The number of hydrogen-bond acceptors (Lipinski definition) is 2. The maximum absolute atomic E-state index is 5.19. The molecule has 0 heterocycles. The molecule has 2 aromatic rings. The molecule has 0 bridgehead atoms. The third-order valence-electron chi connectivity index (χ3n) is 3.69. The molecular formula is C18H23NO. The Morgan fingerprint density at radius 3 is 1.70 bits per heavy atom. The van der Waals surface area contributed by atoms with Gasteiger partial charge < -0.3 is 10.1 Å². The van der Waals surface area contributed by atoms with Gasteiger partial charge in [-0.3, -0.25) is 0 Å². The van der Waals surface area contributed by atoms with Crippen molar-refractivity contribution < 1.29 is 4.74 Å². The van der Waals surface area contributed by atoms with Crippen LogP contribution in [0.5, 0.6) is 5.75 Å². The van der Waals surface area contributed by atoms with Crippen LogP contribution in [0.15, 0.2) is 48.5 Å². The average Bonchev–Trinajstić information content (AvgIpc) is 2.48. The standard InChI is InChI=1S/C18H23NO/c1-13-5-7-16(8-6-13)14(2)19-15(3)17-9-11-18(20-4)12-10-17/h5-12,14-15,19H,1-4H3. The Bertz CT molecular complexity index is 530. The van der Waals surface area contributed by atoms with Crippen LogP contribution >= 0.6 is 0 Å². The highest BCUT2D eigenvalue weighted by Gasteiger charge is 2.11. The Morgan fingerprint density at radius 2 is 1.25 bits per heavy atom. The van der Waals surface area contributed by atoms with Crippen LogP contribution in [0, 0.1) is 6.92 Å². The Kier molecular flexibility index (Phi) is 4.80. The van der Waals surface area contributed by atoms with E-state index in [1.54, 1.807) is 7.11 Å². The molecule has 0 aliphatic carbocycles. The number of rotatable bonds is 5. The molecule has 0 spiro atoms. The number of aryl methyl sites for hydroxylation is 1. The lowest BCUT2D eigenvalue weighted by Crippen LogP contribution is -2.22. The molecule has 20 heavy (non-hydrogen) atoms. The molecule has 106 valence electrons. The van der Waals surface area contributed by atoms with E-state index in [0.29, 0.717) is 12.1 Å². The first-order valence-corrected chi connectivity index (χ1v) is 7.06. The molecule has 0 saturated heterocycles. The first-order chi connectivity index (χ1) is 9.60. The zero-order valence-electron chi connectivity index (χ0n) is 12.7. The lowest BCUT2D eigenvalue weighted by atomic mass is 10.0. The summed E-state index contributed by atoms with van der Waals surface area (Å²) in [5.41, 5.74) is 3.88. The van der Waals surface area contributed by atoms with E-state index in [0.717, 1.165) is 5.75 Å². The first kappa shape index (κ1) is 14.6. The van der Waals surface area contributed by atoms with Gasteiger partial charge in [-0.1, -0.05) is 42.0 Å². The fourth-order valence-corrected chi connectivity index (χ4v) is 2.32. The van der Waals surface area contributed by atoms with E-state index in [-0.39, 0.29) is 0 Å². The van der Waals surface area contributed by atoms with Gasteiger partial charge in [0.15, 0.2) is 0 Å². The van der Waals surface area contributed by atoms with Crippen molar-refractivity contribution in [3.8, 4) is 5.75 Å². The van der Waals surface area contributed by atoms with E-state index in [2.05, 4.69) is 62.5 Å². The monoisotopic (exact) mass is 269 g/mol. The molecule has 2 unspecified atom stereocenters. The van der Waals surface area contributed by atoms with Crippen LogP contribution in [0.3, 0.4) is 0 Å². The summed E-state index contributed by atoms with van der Waals surface area (Å²) in [6, 6.07) is 17.5. The van der Waals surface area contributed by atoms with E-state index in [9.17, 15) is 0 Å². The second-order valence-corrected chi connectivity index (χ2v) is 5.29. The highest BCUT2D eigenvalue weighted by molar-refractivity contribution is 5.29. The minimum atomic E-state index is 0.303. The summed E-state index contributed by atoms with van der Waals surface area (Å²) in [5, 5.41) is 3.63. The molecule has 0 aliphatic heterocycles. The summed E-state index contributed by atoms with van der Waals surface area (Å²) >= 11 is 0. The third-order valence-corrected chi connectivity index (χ3v) is 3.69. The van der Waals surface area contributed by atoms with E-state index in [1.807, 2.05) is 12.1 Å². The van der Waals surface area contributed by atoms with E-state index in [1.165, 1.54) is 16.7 Å². The largest absolute Gasteiger partial charge is 0.497 e. The SMILES string of the molecule is COc1ccc(C(C)NC(C)c2ccc(C)cc2)cc1. The number of ether oxygens (including phenoxy) is 1. The Morgan fingerprint density at radius 1 is 0.800 bits per heavy atom. The lowest BCUT2D eigenvalue weighted by Gasteiger charge is -2.21. The van der Waals surface area contributed by atoms with Crippen LogP contribution in [0.25, 0.3) is 0 Å². The van der Waals surface area contributed by atoms with Crippen molar-refractivity contribution in [1.82, 2.24) is 5.32 Å². The topological polar surface area (TPSA) is 21.3 Å². The summed E-state index contributed by atoms with van der Waals surface area (Å²) in [6.07, 6.45) is 0. The predicted molar refractivity (Wildman–Crippen MR) is 84.1 cm³/mol. The smallest absolute Gasteiger partial charge is 0.118 e. The number of methoxy groups -OCH3 is 1. The highest BCUT2D eigenvalue weighted by atomic mass is 16.5. The molecule has 0 amide bonds. The van der Waals surface area contributed by atoms with Crippen molar-refractivity contribution in [3.05, 3.63) is 65.2 Å². The van der Waals surface area contributed by atoms with Crippen LogP contribution in [0.4, 0.5) is 0 Å². The molecular weight excluding hydrogens is 246 g/mol. The molecule has 0 fully saturated rings. The molecule has 2 heteroatoms. The summed E-state index contributed by atoms with van der Waals surface area (Å²) in [5.74, 6) is 0.896. The van der Waals surface area contributed by atoms with Gasteiger partial charge in [0.25, 0.3) is 0 Å².